The van der Waals surface area contributed by atoms with E-state index in [1.54, 1.807) is 0 Å². The van der Waals surface area contributed by atoms with Crippen LogP contribution >= 0.6 is 35.7 Å². The lowest BCUT2D eigenvalue weighted by Crippen LogP contribution is -2.55. The summed E-state index contributed by atoms with van der Waals surface area (Å²) in [6, 6.07) is 0. The lowest BCUT2D eigenvalue weighted by molar-refractivity contribution is 0.676. The summed E-state index contributed by atoms with van der Waals surface area (Å²) in [5, 5.41) is 2.61. The van der Waals surface area contributed by atoms with Crippen LogP contribution in [0.15, 0.2) is 22.0 Å². The maximum Gasteiger partial charge on any atom is 0.180 e. The van der Waals surface area contributed by atoms with Gasteiger partial charge < -0.3 is 9.13 Å². The van der Waals surface area contributed by atoms with Crippen LogP contribution in [0, 0.1) is 4.77 Å². The number of allylic oxidation sites excluding steroid dienone is 4. The Morgan fingerprint density at radius 1 is 0.864 bits per heavy atom. The van der Waals surface area contributed by atoms with Crippen molar-refractivity contribution >= 4 is 46.9 Å². The first-order valence-corrected chi connectivity index (χ1v) is 9.51. The molecule has 0 saturated carbocycles. The number of hydrogen-bond acceptors (Lipinski definition) is 3. The van der Waals surface area contributed by atoms with Gasteiger partial charge in [-0.1, -0.05) is 0 Å². The Balaban J connectivity index is 2.36. The van der Waals surface area contributed by atoms with Crippen LogP contribution < -0.4 is 10.7 Å². The molecule has 1 aliphatic carbocycles. The summed E-state index contributed by atoms with van der Waals surface area (Å²) in [6.07, 6.45) is 4.74. The fraction of sp³-hybridized carbons (Fsp3) is 0.471. The van der Waals surface area contributed by atoms with Crippen LogP contribution in [-0.2, 0) is 14.1 Å². The third-order valence-electron chi connectivity index (χ3n) is 5.34. The Labute approximate surface area is 144 Å². The fourth-order valence-corrected chi connectivity index (χ4v) is 7.36. The van der Waals surface area contributed by atoms with E-state index in [4.69, 9.17) is 12.2 Å². The first-order valence-electron chi connectivity index (χ1n) is 7.46. The highest BCUT2D eigenvalue weighted by Crippen LogP contribution is 2.63. The van der Waals surface area contributed by atoms with Gasteiger partial charge in [0.25, 0.3) is 0 Å². The Bertz CT molecular complexity index is 896. The number of rotatable bonds is 0. The molecule has 0 fully saturated rings. The number of nitrogens with zero attached hydrogens (tertiary/aromatic N) is 2. The minimum atomic E-state index is 0.0548. The molecule has 0 N–H and O–H groups in total. The smallest absolute Gasteiger partial charge is 0.180 e. The highest BCUT2D eigenvalue weighted by molar-refractivity contribution is 8.09. The third kappa shape index (κ3) is 1.48. The van der Waals surface area contributed by atoms with Gasteiger partial charge in [-0.3, -0.25) is 0 Å². The molecule has 2 nitrogen and oxygen atoms in total. The molecule has 0 spiro atoms. The van der Waals surface area contributed by atoms with E-state index in [-0.39, 0.29) is 9.49 Å². The fourth-order valence-electron chi connectivity index (χ4n) is 4.14. The molecule has 4 rings (SSSR count). The molecule has 3 heterocycles. The van der Waals surface area contributed by atoms with Gasteiger partial charge in [0, 0.05) is 14.1 Å². The maximum atomic E-state index is 5.66. The molecule has 1 aromatic heterocycles. The van der Waals surface area contributed by atoms with Crippen molar-refractivity contribution in [2.75, 3.05) is 0 Å². The van der Waals surface area contributed by atoms with Crippen molar-refractivity contribution in [1.29, 1.82) is 0 Å². The highest BCUT2D eigenvalue weighted by Gasteiger charge is 2.57. The van der Waals surface area contributed by atoms with Crippen molar-refractivity contribution in [2.45, 2.75) is 37.2 Å². The van der Waals surface area contributed by atoms with Crippen molar-refractivity contribution in [2.24, 2.45) is 14.1 Å². The van der Waals surface area contributed by atoms with Crippen LogP contribution in [-0.4, -0.2) is 18.6 Å². The van der Waals surface area contributed by atoms with E-state index in [1.807, 2.05) is 23.5 Å². The van der Waals surface area contributed by atoms with Gasteiger partial charge in [0.1, 0.15) is 0 Å². The second kappa shape index (κ2) is 4.25. The zero-order chi connectivity index (χ0) is 16.0. The summed E-state index contributed by atoms with van der Waals surface area (Å²) in [6.45, 7) is 9.25. The van der Waals surface area contributed by atoms with Crippen LogP contribution in [0.3, 0.4) is 0 Å². The Kier molecular flexibility index (Phi) is 2.88. The van der Waals surface area contributed by atoms with Gasteiger partial charge in [0.2, 0.25) is 0 Å². The quantitative estimate of drug-likeness (QED) is 0.667. The molecule has 0 amide bonds. The van der Waals surface area contributed by atoms with Crippen molar-refractivity contribution in [3.63, 3.8) is 0 Å². The van der Waals surface area contributed by atoms with E-state index >= 15 is 0 Å². The van der Waals surface area contributed by atoms with Crippen LogP contribution in [0.4, 0.5) is 0 Å². The van der Waals surface area contributed by atoms with Crippen molar-refractivity contribution in [3.8, 4) is 0 Å². The van der Waals surface area contributed by atoms with Gasteiger partial charge in [0.05, 0.1) is 20.2 Å². The Hall–Kier alpha value is -0.650. The topological polar surface area (TPSA) is 9.86 Å². The molecule has 0 unspecified atom stereocenters. The van der Waals surface area contributed by atoms with Gasteiger partial charge >= 0.3 is 0 Å². The van der Waals surface area contributed by atoms with Gasteiger partial charge in [0.15, 0.2) is 4.77 Å². The molecule has 0 bridgehead atoms. The predicted molar refractivity (Wildman–Crippen MR) is 101 cm³/mol. The van der Waals surface area contributed by atoms with Crippen molar-refractivity contribution in [3.05, 3.63) is 37.4 Å². The highest BCUT2D eigenvalue weighted by atomic mass is 32.2. The SMILES string of the molecule is CC1=CC2=c3c(n(C)c(=S)n3C)=C3C=C(C)S[C@]3(C)[C@@]2(C)S1. The Morgan fingerprint density at radius 3 is 1.59 bits per heavy atom. The summed E-state index contributed by atoms with van der Waals surface area (Å²) >= 11 is 9.68. The minimum Gasteiger partial charge on any atom is -0.319 e. The number of thioether (sulfide) groups is 2. The van der Waals surface area contributed by atoms with Crippen LogP contribution in [0.5, 0.6) is 0 Å². The third-order valence-corrected chi connectivity index (χ3v) is 8.97. The lowest BCUT2D eigenvalue weighted by atomic mass is 9.78. The first kappa shape index (κ1) is 14.9. The van der Waals surface area contributed by atoms with E-state index in [0.29, 0.717) is 0 Å². The van der Waals surface area contributed by atoms with E-state index in [9.17, 15) is 0 Å². The monoisotopic (exact) mass is 348 g/mol. The maximum absolute atomic E-state index is 5.66. The molecule has 0 radical (unpaired) electrons. The molecule has 0 aromatic carbocycles. The summed E-state index contributed by atoms with van der Waals surface area (Å²) < 4.78 is 5.38. The summed E-state index contributed by atoms with van der Waals surface area (Å²) in [4.78, 5) is 2.79. The molecule has 0 saturated heterocycles. The first-order chi connectivity index (χ1) is 10.2. The molecule has 1 aromatic rings. The summed E-state index contributed by atoms with van der Waals surface area (Å²) in [7, 11) is 4.20. The Morgan fingerprint density at radius 2 is 1.23 bits per heavy atom. The average Bonchev–Trinajstić information content (AvgIpc) is 2.98. The largest absolute Gasteiger partial charge is 0.319 e. The number of imidazole rings is 1. The molecular formula is C17H20N2S3. The normalized spacial score (nSPS) is 32.6. The van der Waals surface area contributed by atoms with E-state index in [2.05, 4.69) is 63.1 Å². The minimum absolute atomic E-state index is 0.0548. The number of fused-ring (bicyclic) bond motifs is 4. The van der Waals surface area contributed by atoms with Crippen LogP contribution in [0.25, 0.3) is 11.1 Å². The zero-order valence-electron chi connectivity index (χ0n) is 13.8. The average molecular weight is 349 g/mol. The summed E-state index contributed by atoms with van der Waals surface area (Å²) in [5.41, 5.74) is 2.86. The molecule has 22 heavy (non-hydrogen) atoms. The van der Waals surface area contributed by atoms with Gasteiger partial charge in [-0.25, -0.2) is 0 Å². The standard InChI is InChI=1S/C17H20N2S3/c1-9-7-11-13-14(19(6)15(20)18(13)5)12-8-10(2)22-17(12,4)16(11,3)21-9/h7-8H,1-6H3/t16-,17-/m0/s1. The number of hydrogen-bond donors (Lipinski definition) is 0. The van der Waals surface area contributed by atoms with E-state index in [0.717, 1.165) is 4.77 Å². The van der Waals surface area contributed by atoms with Gasteiger partial charge in [-0.15, -0.1) is 23.5 Å². The molecule has 3 aliphatic rings. The second-order valence-electron chi connectivity index (χ2n) is 6.71. The predicted octanol–water partition coefficient (Wildman–Crippen LogP) is 3.23. The second-order valence-corrected chi connectivity index (χ2v) is 10.4. The van der Waals surface area contributed by atoms with Gasteiger partial charge in [-0.05, 0) is 73.0 Å². The van der Waals surface area contributed by atoms with E-state index < -0.39 is 0 Å². The number of aromatic nitrogens is 2. The molecular weight excluding hydrogens is 328 g/mol. The van der Waals surface area contributed by atoms with Crippen molar-refractivity contribution in [1.82, 2.24) is 9.13 Å². The molecule has 2 aliphatic heterocycles. The van der Waals surface area contributed by atoms with Crippen LogP contribution in [0.2, 0.25) is 0 Å². The zero-order valence-corrected chi connectivity index (χ0v) is 16.2. The molecule has 2 atom stereocenters. The summed E-state index contributed by atoms with van der Waals surface area (Å²) in [5.74, 6) is 0. The van der Waals surface area contributed by atoms with E-state index in [1.165, 1.54) is 31.7 Å². The molecule has 5 heteroatoms. The molecule has 116 valence electrons. The lowest BCUT2D eigenvalue weighted by Gasteiger charge is -2.44. The van der Waals surface area contributed by atoms with Crippen molar-refractivity contribution < 1.29 is 0 Å². The van der Waals surface area contributed by atoms with Crippen LogP contribution in [0.1, 0.15) is 27.7 Å². The van der Waals surface area contributed by atoms with Gasteiger partial charge in [-0.2, -0.15) is 0 Å².